The van der Waals surface area contributed by atoms with Crippen molar-refractivity contribution in [3.8, 4) is 16.9 Å². The highest BCUT2D eigenvalue weighted by molar-refractivity contribution is 5.80. The first-order valence-corrected chi connectivity index (χ1v) is 14.6. The standard InChI is InChI=1S/C36H39N3O2/c1-26(2)29-19-21-32(22-20-29)41-24-10-9-23-39-34-14-8-7-13-33(34)38-36(39)27(3)37-35(40)25-28-15-17-31(18-16-28)30-11-5-4-6-12-30/h4-8,11-22,26-27H,9-10,23-25H2,1-3H3,(H,37,40). The van der Waals surface area contributed by atoms with Crippen molar-refractivity contribution in [1.82, 2.24) is 14.9 Å². The molecule has 0 aliphatic rings. The van der Waals surface area contributed by atoms with Crippen molar-refractivity contribution in [2.24, 2.45) is 0 Å². The Balaban J connectivity index is 1.18. The lowest BCUT2D eigenvalue weighted by Crippen LogP contribution is -2.30. The molecule has 5 aromatic rings. The molecule has 0 fully saturated rings. The minimum atomic E-state index is -0.214. The first-order valence-electron chi connectivity index (χ1n) is 14.6. The predicted molar refractivity (Wildman–Crippen MR) is 167 cm³/mol. The number of amides is 1. The summed E-state index contributed by atoms with van der Waals surface area (Å²) in [6, 6.07) is 34.8. The molecule has 5 heteroatoms. The van der Waals surface area contributed by atoms with Gasteiger partial charge in [0.25, 0.3) is 0 Å². The van der Waals surface area contributed by atoms with Crippen LogP contribution in [-0.4, -0.2) is 22.1 Å². The van der Waals surface area contributed by atoms with E-state index in [2.05, 4.69) is 78.3 Å². The number of nitrogens with zero attached hydrogens (tertiary/aromatic N) is 2. The van der Waals surface area contributed by atoms with Crippen LogP contribution in [0.25, 0.3) is 22.2 Å². The molecular formula is C36H39N3O2. The third-order valence-electron chi connectivity index (χ3n) is 7.47. The minimum absolute atomic E-state index is 0.0135. The van der Waals surface area contributed by atoms with Gasteiger partial charge in [0, 0.05) is 6.54 Å². The van der Waals surface area contributed by atoms with Crippen LogP contribution in [0.5, 0.6) is 5.75 Å². The zero-order valence-corrected chi connectivity index (χ0v) is 24.2. The van der Waals surface area contributed by atoms with Crippen LogP contribution >= 0.6 is 0 Å². The van der Waals surface area contributed by atoms with Gasteiger partial charge < -0.3 is 14.6 Å². The van der Waals surface area contributed by atoms with Gasteiger partial charge in [0.15, 0.2) is 0 Å². The molecule has 0 spiro atoms. The number of hydrogen-bond donors (Lipinski definition) is 1. The van der Waals surface area contributed by atoms with E-state index in [-0.39, 0.29) is 11.9 Å². The molecule has 1 unspecified atom stereocenters. The van der Waals surface area contributed by atoms with E-state index in [0.29, 0.717) is 18.9 Å². The van der Waals surface area contributed by atoms with Gasteiger partial charge in [0.2, 0.25) is 5.91 Å². The van der Waals surface area contributed by atoms with Crippen LogP contribution in [0.4, 0.5) is 0 Å². The normalized spacial score (nSPS) is 12.0. The van der Waals surface area contributed by atoms with Crippen molar-refractivity contribution < 1.29 is 9.53 Å². The Morgan fingerprint density at radius 3 is 2.22 bits per heavy atom. The number of benzene rings is 4. The molecule has 5 rings (SSSR count). The average molecular weight is 546 g/mol. The molecule has 1 N–H and O–H groups in total. The van der Waals surface area contributed by atoms with E-state index < -0.39 is 0 Å². The van der Waals surface area contributed by atoms with Crippen molar-refractivity contribution >= 4 is 16.9 Å². The smallest absolute Gasteiger partial charge is 0.224 e. The molecule has 4 aromatic carbocycles. The molecule has 41 heavy (non-hydrogen) atoms. The number of unbranched alkanes of at least 4 members (excludes halogenated alkanes) is 1. The molecule has 1 aromatic heterocycles. The number of ether oxygens (including phenoxy) is 1. The number of aromatic nitrogens is 2. The topological polar surface area (TPSA) is 56.1 Å². The summed E-state index contributed by atoms with van der Waals surface area (Å²) in [6.07, 6.45) is 2.21. The van der Waals surface area contributed by atoms with Gasteiger partial charge in [-0.1, -0.05) is 92.7 Å². The average Bonchev–Trinajstić information content (AvgIpc) is 3.37. The molecule has 210 valence electrons. The SMILES string of the molecule is CC(C)c1ccc(OCCCCn2c(C(C)NC(=O)Cc3ccc(-c4ccccc4)cc3)nc3ccccc32)cc1. The zero-order valence-electron chi connectivity index (χ0n) is 24.2. The number of carbonyl (C=O) groups is 1. The molecule has 1 atom stereocenters. The number of para-hydroxylation sites is 2. The van der Waals surface area contributed by atoms with Crippen LogP contribution < -0.4 is 10.1 Å². The second-order valence-corrected chi connectivity index (χ2v) is 10.9. The quantitative estimate of drug-likeness (QED) is 0.161. The monoisotopic (exact) mass is 545 g/mol. The lowest BCUT2D eigenvalue weighted by molar-refractivity contribution is -0.121. The first-order chi connectivity index (χ1) is 20.0. The Labute approximate surface area is 243 Å². The van der Waals surface area contributed by atoms with Crippen molar-refractivity contribution in [1.29, 1.82) is 0 Å². The number of imidazole rings is 1. The van der Waals surface area contributed by atoms with Crippen LogP contribution in [-0.2, 0) is 17.8 Å². The summed E-state index contributed by atoms with van der Waals surface area (Å²) in [7, 11) is 0. The van der Waals surface area contributed by atoms with Gasteiger partial charge in [-0.25, -0.2) is 4.98 Å². The second kappa shape index (κ2) is 13.3. The van der Waals surface area contributed by atoms with E-state index in [1.165, 1.54) is 11.1 Å². The molecule has 0 saturated carbocycles. The summed E-state index contributed by atoms with van der Waals surface area (Å²) >= 11 is 0. The molecule has 0 saturated heterocycles. The Hall–Kier alpha value is -4.38. The fourth-order valence-electron chi connectivity index (χ4n) is 5.16. The van der Waals surface area contributed by atoms with E-state index >= 15 is 0 Å². The highest BCUT2D eigenvalue weighted by Gasteiger charge is 2.18. The summed E-state index contributed by atoms with van der Waals surface area (Å²) in [4.78, 5) is 17.9. The fourth-order valence-corrected chi connectivity index (χ4v) is 5.16. The Bertz CT molecular complexity index is 1550. The molecule has 0 bridgehead atoms. The summed E-state index contributed by atoms with van der Waals surface area (Å²) in [6.45, 7) is 7.88. The second-order valence-electron chi connectivity index (χ2n) is 10.9. The number of nitrogens with one attached hydrogen (secondary N) is 1. The summed E-state index contributed by atoms with van der Waals surface area (Å²) in [5.41, 5.74) is 6.65. The minimum Gasteiger partial charge on any atom is -0.494 e. The van der Waals surface area contributed by atoms with Gasteiger partial charge in [0.1, 0.15) is 11.6 Å². The van der Waals surface area contributed by atoms with Crippen LogP contribution in [0.3, 0.4) is 0 Å². The number of carbonyl (C=O) groups excluding carboxylic acids is 1. The Morgan fingerprint density at radius 1 is 0.805 bits per heavy atom. The molecule has 1 amide bonds. The highest BCUT2D eigenvalue weighted by Crippen LogP contribution is 2.23. The predicted octanol–water partition coefficient (Wildman–Crippen LogP) is 8.11. The van der Waals surface area contributed by atoms with E-state index in [4.69, 9.17) is 9.72 Å². The van der Waals surface area contributed by atoms with Gasteiger partial charge in [-0.15, -0.1) is 0 Å². The molecule has 0 radical (unpaired) electrons. The summed E-state index contributed by atoms with van der Waals surface area (Å²) in [5, 5.41) is 3.18. The third-order valence-corrected chi connectivity index (χ3v) is 7.47. The maximum Gasteiger partial charge on any atom is 0.224 e. The van der Waals surface area contributed by atoms with Gasteiger partial charge in [0.05, 0.1) is 30.1 Å². The largest absolute Gasteiger partial charge is 0.494 e. The van der Waals surface area contributed by atoms with Gasteiger partial charge >= 0.3 is 0 Å². The van der Waals surface area contributed by atoms with Gasteiger partial charge in [-0.05, 0) is 72.2 Å². The van der Waals surface area contributed by atoms with Crippen LogP contribution in [0.2, 0.25) is 0 Å². The van der Waals surface area contributed by atoms with Crippen LogP contribution in [0.15, 0.2) is 103 Å². The summed E-state index contributed by atoms with van der Waals surface area (Å²) < 4.78 is 8.23. The first kappa shape index (κ1) is 28.2. The van der Waals surface area contributed by atoms with E-state index in [1.807, 2.05) is 55.5 Å². The molecular weight excluding hydrogens is 506 g/mol. The zero-order chi connectivity index (χ0) is 28.6. The Morgan fingerprint density at radius 2 is 1.49 bits per heavy atom. The van der Waals surface area contributed by atoms with Gasteiger partial charge in [-0.3, -0.25) is 4.79 Å². The highest BCUT2D eigenvalue weighted by atomic mass is 16.5. The maximum absolute atomic E-state index is 13.0. The molecule has 0 aliphatic heterocycles. The van der Waals surface area contributed by atoms with Crippen molar-refractivity contribution in [3.05, 3.63) is 120 Å². The van der Waals surface area contributed by atoms with Crippen molar-refractivity contribution in [3.63, 3.8) is 0 Å². The number of fused-ring (bicyclic) bond motifs is 1. The summed E-state index contributed by atoms with van der Waals surface area (Å²) in [5.74, 6) is 2.29. The number of hydrogen-bond acceptors (Lipinski definition) is 3. The number of aryl methyl sites for hydroxylation is 1. The molecule has 5 nitrogen and oxygen atoms in total. The van der Waals surface area contributed by atoms with E-state index in [1.54, 1.807) is 0 Å². The lowest BCUT2D eigenvalue weighted by atomic mass is 10.0. The van der Waals surface area contributed by atoms with E-state index in [0.717, 1.165) is 53.1 Å². The third kappa shape index (κ3) is 7.23. The molecule has 0 aliphatic carbocycles. The van der Waals surface area contributed by atoms with Crippen molar-refractivity contribution in [2.75, 3.05) is 6.61 Å². The Kier molecular flexibility index (Phi) is 9.15. The fraction of sp³-hybridized carbons (Fsp3) is 0.278. The van der Waals surface area contributed by atoms with Gasteiger partial charge in [-0.2, -0.15) is 0 Å². The van der Waals surface area contributed by atoms with Crippen LogP contribution in [0, 0.1) is 0 Å². The van der Waals surface area contributed by atoms with E-state index in [9.17, 15) is 4.79 Å². The van der Waals surface area contributed by atoms with Crippen LogP contribution in [0.1, 0.15) is 62.5 Å². The number of rotatable bonds is 12. The molecule has 1 heterocycles. The lowest BCUT2D eigenvalue weighted by Gasteiger charge is -2.17. The maximum atomic E-state index is 13.0. The van der Waals surface area contributed by atoms with Crippen molar-refractivity contribution in [2.45, 2.75) is 58.5 Å².